The number of carbonyl (C=O) groups excluding carboxylic acids is 1. The van der Waals surface area contributed by atoms with Crippen LogP contribution < -0.4 is 5.43 Å². The molecule has 3 nitrogen and oxygen atoms in total. The molecule has 1 amide bonds. The topological polar surface area (TPSA) is 41.5 Å². The Morgan fingerprint density at radius 1 is 0.759 bits per heavy atom. The molecule has 0 atom stereocenters. The number of nitrogens with one attached hydrogen (secondary N) is 1. The molecule has 0 saturated carbocycles. The molecule has 0 bridgehead atoms. The van der Waals surface area contributed by atoms with Crippen LogP contribution in [0, 0.1) is 0 Å². The largest absolute Gasteiger partial charge is 0.460 e. The highest BCUT2D eigenvalue weighted by Crippen LogP contribution is 2.60. The fourth-order valence-electron chi connectivity index (χ4n) is 1.42. The van der Waals surface area contributed by atoms with E-state index in [0.29, 0.717) is 0 Å². The van der Waals surface area contributed by atoms with Crippen LogP contribution in [0.15, 0.2) is 5.10 Å². The summed E-state index contributed by atoms with van der Waals surface area (Å²) in [5, 5.41) is 2.00. The van der Waals surface area contributed by atoms with Gasteiger partial charge in [-0.3, -0.25) is 4.79 Å². The summed E-state index contributed by atoms with van der Waals surface area (Å²) in [6, 6.07) is 0. The highest BCUT2D eigenvalue weighted by atomic mass is 32.2. The fourth-order valence-corrected chi connectivity index (χ4v) is 2.07. The number of hydrazone groups is 1. The minimum absolute atomic E-state index is 0.239. The molecule has 0 fully saturated rings. The highest BCUT2D eigenvalue weighted by Gasteiger charge is 2.90. The Labute approximate surface area is 158 Å². The highest BCUT2D eigenvalue weighted by molar-refractivity contribution is 8.13. The predicted molar refractivity (Wildman–Crippen MR) is 75.2 cm³/mol. The standard InChI is InChI=1S/C12H11F13N2OS/c1-5(2)26-27-6(28)29-4-3-7(13,14)8(15,16)9(17,18)10(19,20)11(21,22)12(23,24)25/h3-4H2,1-2H3,(H,27,28). The van der Waals surface area contributed by atoms with Gasteiger partial charge in [-0.2, -0.15) is 62.2 Å². The number of hydrogen-bond acceptors (Lipinski definition) is 3. The van der Waals surface area contributed by atoms with Crippen molar-refractivity contribution in [2.45, 2.75) is 56.1 Å². The van der Waals surface area contributed by atoms with Gasteiger partial charge in [0.25, 0.3) is 5.24 Å². The summed E-state index contributed by atoms with van der Waals surface area (Å²) >= 11 is -0.242. The first-order valence-electron chi connectivity index (χ1n) is 6.95. The molecule has 0 rings (SSSR count). The van der Waals surface area contributed by atoms with Crippen LogP contribution in [0.2, 0.25) is 0 Å². The normalized spacial score (nSPS) is 14.6. The Bertz CT molecular complexity index is 626. The Balaban J connectivity index is 5.60. The van der Waals surface area contributed by atoms with Crippen molar-refractivity contribution in [3.05, 3.63) is 0 Å². The number of amides is 1. The van der Waals surface area contributed by atoms with E-state index < -0.39 is 53.2 Å². The zero-order chi connectivity index (χ0) is 23.7. The van der Waals surface area contributed by atoms with Gasteiger partial charge in [0.05, 0.1) is 0 Å². The van der Waals surface area contributed by atoms with E-state index in [0.717, 1.165) is 0 Å². The maximum Gasteiger partial charge on any atom is 0.460 e. The molecular formula is C12H11F13N2OS. The SMILES string of the molecule is CC(C)=NNC(=O)SCCC(F)(F)C(F)(F)C(F)(F)C(F)(F)C(F)(F)C(F)(F)F. The summed E-state index contributed by atoms with van der Waals surface area (Å²) in [6.07, 6.45) is -9.90. The van der Waals surface area contributed by atoms with Crippen molar-refractivity contribution in [3.63, 3.8) is 0 Å². The number of rotatable bonds is 8. The predicted octanol–water partition coefficient (Wildman–Crippen LogP) is 5.95. The molecule has 0 heterocycles. The summed E-state index contributed by atoms with van der Waals surface area (Å²) in [5.41, 5.74) is 1.92. The molecule has 0 aliphatic rings. The Morgan fingerprint density at radius 3 is 1.55 bits per heavy atom. The summed E-state index contributed by atoms with van der Waals surface area (Å²) in [6.45, 7) is 2.72. The lowest BCUT2D eigenvalue weighted by molar-refractivity contribution is -0.439. The zero-order valence-electron chi connectivity index (χ0n) is 14.1. The van der Waals surface area contributed by atoms with E-state index in [9.17, 15) is 61.9 Å². The quantitative estimate of drug-likeness (QED) is 0.266. The Kier molecular flexibility index (Phi) is 7.96. The van der Waals surface area contributed by atoms with E-state index in [4.69, 9.17) is 0 Å². The van der Waals surface area contributed by atoms with Gasteiger partial charge in [0.1, 0.15) is 0 Å². The van der Waals surface area contributed by atoms with Gasteiger partial charge in [-0.05, 0) is 13.8 Å². The third-order valence-electron chi connectivity index (χ3n) is 3.02. The lowest BCUT2D eigenvalue weighted by Gasteiger charge is -2.39. The first-order chi connectivity index (χ1) is 12.6. The molecule has 0 aromatic carbocycles. The third-order valence-corrected chi connectivity index (χ3v) is 3.78. The van der Waals surface area contributed by atoms with Gasteiger partial charge in [-0.1, -0.05) is 11.8 Å². The van der Waals surface area contributed by atoms with Crippen LogP contribution in [0.5, 0.6) is 0 Å². The number of alkyl halides is 13. The molecule has 0 aliphatic carbocycles. The molecule has 1 N–H and O–H groups in total. The van der Waals surface area contributed by atoms with Crippen LogP contribution in [-0.2, 0) is 0 Å². The van der Waals surface area contributed by atoms with Crippen LogP contribution in [0.1, 0.15) is 20.3 Å². The van der Waals surface area contributed by atoms with Crippen LogP contribution in [0.25, 0.3) is 0 Å². The minimum atomic E-state index is -7.93. The van der Waals surface area contributed by atoms with Crippen molar-refractivity contribution in [1.82, 2.24) is 5.43 Å². The lowest BCUT2D eigenvalue weighted by atomic mass is 9.93. The van der Waals surface area contributed by atoms with E-state index in [1.54, 1.807) is 5.43 Å². The molecule has 172 valence electrons. The number of thioether (sulfide) groups is 1. The first kappa shape index (κ1) is 27.6. The summed E-state index contributed by atoms with van der Waals surface area (Å²) in [5.74, 6) is -38.5. The molecule has 0 aromatic heterocycles. The van der Waals surface area contributed by atoms with Crippen molar-refractivity contribution in [2.75, 3.05) is 5.75 Å². The van der Waals surface area contributed by atoms with E-state index >= 15 is 0 Å². The average molecular weight is 478 g/mol. The zero-order valence-corrected chi connectivity index (χ0v) is 14.9. The molecule has 0 radical (unpaired) electrons. The van der Waals surface area contributed by atoms with E-state index in [2.05, 4.69) is 5.10 Å². The fraction of sp³-hybridized carbons (Fsp3) is 0.833. The number of nitrogens with zero attached hydrogens (tertiary/aromatic N) is 1. The number of halogens is 13. The second kappa shape index (κ2) is 8.37. The van der Waals surface area contributed by atoms with Crippen LogP contribution in [-0.4, -0.2) is 52.5 Å². The molecule has 0 saturated heterocycles. The molecule has 29 heavy (non-hydrogen) atoms. The van der Waals surface area contributed by atoms with Crippen molar-refractivity contribution in [1.29, 1.82) is 0 Å². The van der Waals surface area contributed by atoms with Gasteiger partial charge in [0.15, 0.2) is 0 Å². The van der Waals surface area contributed by atoms with Crippen LogP contribution >= 0.6 is 11.8 Å². The molecule has 0 aromatic rings. The van der Waals surface area contributed by atoms with Crippen molar-refractivity contribution < 1.29 is 61.9 Å². The number of carbonyl (C=O) groups is 1. The van der Waals surface area contributed by atoms with Gasteiger partial charge in [-0.15, -0.1) is 0 Å². The van der Waals surface area contributed by atoms with Gasteiger partial charge >= 0.3 is 35.8 Å². The summed E-state index contributed by atoms with van der Waals surface area (Å²) in [7, 11) is 0. The second-order valence-corrected chi connectivity index (χ2v) is 6.62. The van der Waals surface area contributed by atoms with Crippen LogP contribution in [0.3, 0.4) is 0 Å². The minimum Gasteiger partial charge on any atom is -0.260 e. The molecular weight excluding hydrogens is 467 g/mol. The molecule has 0 unspecified atom stereocenters. The van der Waals surface area contributed by atoms with Gasteiger partial charge in [0, 0.05) is 17.9 Å². The molecule has 17 heteroatoms. The van der Waals surface area contributed by atoms with Gasteiger partial charge in [-0.25, -0.2) is 5.43 Å². The summed E-state index contributed by atoms with van der Waals surface area (Å²) < 4.78 is 167. The smallest absolute Gasteiger partial charge is 0.260 e. The Morgan fingerprint density at radius 2 is 1.17 bits per heavy atom. The average Bonchev–Trinajstić information content (AvgIpc) is 2.50. The summed E-state index contributed by atoms with van der Waals surface area (Å²) in [4.78, 5) is 11.1. The van der Waals surface area contributed by atoms with E-state index in [-0.39, 0.29) is 17.5 Å². The maximum absolute atomic E-state index is 13.4. The molecule has 0 spiro atoms. The van der Waals surface area contributed by atoms with Crippen molar-refractivity contribution in [2.24, 2.45) is 5.10 Å². The maximum atomic E-state index is 13.4. The second-order valence-electron chi connectivity index (χ2n) is 5.56. The molecule has 0 aliphatic heterocycles. The van der Waals surface area contributed by atoms with Crippen molar-refractivity contribution in [3.8, 4) is 0 Å². The lowest BCUT2D eigenvalue weighted by Crippen LogP contribution is -2.70. The first-order valence-corrected chi connectivity index (χ1v) is 7.94. The third kappa shape index (κ3) is 5.20. The van der Waals surface area contributed by atoms with Crippen molar-refractivity contribution >= 4 is 22.7 Å². The Hall–Kier alpha value is -1.42. The van der Waals surface area contributed by atoms with Gasteiger partial charge in [0.2, 0.25) is 0 Å². The number of hydrogen-bond donors (Lipinski definition) is 1. The van der Waals surface area contributed by atoms with E-state index in [1.807, 2.05) is 0 Å². The van der Waals surface area contributed by atoms with E-state index in [1.165, 1.54) is 13.8 Å². The van der Waals surface area contributed by atoms with Gasteiger partial charge < -0.3 is 0 Å². The monoisotopic (exact) mass is 478 g/mol. The van der Waals surface area contributed by atoms with Crippen LogP contribution in [0.4, 0.5) is 61.9 Å².